The number of piperidine rings is 1. The highest BCUT2D eigenvalue weighted by Crippen LogP contribution is 2.51. The highest BCUT2D eigenvalue weighted by molar-refractivity contribution is 5.95. The highest BCUT2D eigenvalue weighted by atomic mass is 16.8. The zero-order valence-corrected chi connectivity index (χ0v) is 30.0. The van der Waals surface area contributed by atoms with Gasteiger partial charge >= 0.3 is 35.8 Å². The van der Waals surface area contributed by atoms with Gasteiger partial charge in [0.1, 0.15) is 12.7 Å². The molecule has 0 bridgehead atoms. The van der Waals surface area contributed by atoms with Gasteiger partial charge in [0.25, 0.3) is 5.91 Å². The van der Waals surface area contributed by atoms with Crippen LogP contribution in [-0.4, -0.2) is 96.8 Å². The first kappa shape index (κ1) is 38.9. The van der Waals surface area contributed by atoms with Crippen molar-refractivity contribution in [2.45, 2.75) is 97.4 Å². The first-order valence-electron chi connectivity index (χ1n) is 16.9. The molecule has 0 radical (unpaired) electrons. The van der Waals surface area contributed by atoms with Crippen LogP contribution in [0, 0.1) is 11.8 Å². The van der Waals surface area contributed by atoms with Crippen LogP contribution in [0.5, 0.6) is 11.5 Å². The Bertz CT molecular complexity index is 1720. The Hall–Kier alpha value is -5.29. The molecule has 5 rings (SSSR count). The van der Waals surface area contributed by atoms with Crippen molar-refractivity contribution in [1.82, 2.24) is 4.90 Å². The molecule has 17 nitrogen and oxygen atoms in total. The maximum atomic E-state index is 14.1. The van der Waals surface area contributed by atoms with Crippen LogP contribution in [0.2, 0.25) is 0 Å². The van der Waals surface area contributed by atoms with E-state index >= 15 is 0 Å². The molecule has 0 aromatic heterocycles. The normalized spacial score (nSPS) is 28.6. The summed E-state index contributed by atoms with van der Waals surface area (Å²) in [6.45, 7) is 10.7. The lowest BCUT2D eigenvalue weighted by molar-refractivity contribution is -0.342. The van der Waals surface area contributed by atoms with E-state index in [1.807, 2.05) is 0 Å². The van der Waals surface area contributed by atoms with Crippen molar-refractivity contribution in [2.75, 3.05) is 13.2 Å². The van der Waals surface area contributed by atoms with E-state index in [0.29, 0.717) is 24.1 Å². The second-order valence-electron chi connectivity index (χ2n) is 12.9. The third-order valence-corrected chi connectivity index (χ3v) is 9.06. The number of fused-ring (bicyclic) bond motifs is 4. The Balaban J connectivity index is 1.51. The Morgan fingerprint density at radius 2 is 1.47 bits per heavy atom. The predicted molar refractivity (Wildman–Crippen MR) is 175 cm³/mol. The second-order valence-corrected chi connectivity index (χ2v) is 12.9. The molecule has 0 unspecified atom stereocenters. The van der Waals surface area contributed by atoms with Gasteiger partial charge in [-0.25, -0.2) is 0 Å². The summed E-state index contributed by atoms with van der Waals surface area (Å²) in [5.41, 5.74) is 1.64. The molecule has 4 aliphatic heterocycles. The minimum atomic E-state index is -1.56. The average molecular weight is 744 g/mol. The molecule has 0 N–H and O–H groups in total. The van der Waals surface area contributed by atoms with Crippen LogP contribution in [0.3, 0.4) is 0 Å². The number of ether oxygens (including phenoxy) is 9. The summed E-state index contributed by atoms with van der Waals surface area (Å²) in [4.78, 5) is 88.4. The van der Waals surface area contributed by atoms with Gasteiger partial charge in [-0.3, -0.25) is 33.6 Å². The molecule has 4 heterocycles. The molecular weight excluding hydrogens is 702 g/mol. The summed E-state index contributed by atoms with van der Waals surface area (Å²) in [6.07, 6.45) is -4.97. The van der Waals surface area contributed by atoms with E-state index in [1.54, 1.807) is 17.0 Å². The molecule has 53 heavy (non-hydrogen) atoms. The quantitative estimate of drug-likeness (QED) is 0.146. The second kappa shape index (κ2) is 16.2. The zero-order chi connectivity index (χ0) is 38.7. The molecule has 2 fully saturated rings. The van der Waals surface area contributed by atoms with Crippen LogP contribution in [0.15, 0.2) is 36.6 Å². The first-order valence-corrected chi connectivity index (χ1v) is 16.9. The summed E-state index contributed by atoms with van der Waals surface area (Å²) in [7, 11) is 0. The van der Waals surface area contributed by atoms with Crippen LogP contribution in [-0.2, 0) is 73.1 Å². The summed E-state index contributed by atoms with van der Waals surface area (Å²) in [6, 6.07) is 2.67. The lowest BCUT2D eigenvalue weighted by Crippen LogP contribution is -2.63. The topological polar surface area (TPSA) is 206 Å². The van der Waals surface area contributed by atoms with Crippen LogP contribution in [0.4, 0.5) is 0 Å². The lowest BCUT2D eigenvalue weighted by Gasteiger charge is -2.49. The summed E-state index contributed by atoms with van der Waals surface area (Å²) >= 11 is 0. The van der Waals surface area contributed by atoms with Crippen molar-refractivity contribution in [3.8, 4) is 11.5 Å². The molecule has 0 aliphatic carbocycles. The van der Waals surface area contributed by atoms with Gasteiger partial charge in [0.05, 0.1) is 17.9 Å². The molecule has 1 aromatic rings. The number of carbonyl (C=O) groups excluding carboxylic acids is 7. The lowest BCUT2D eigenvalue weighted by atomic mass is 9.73. The number of hydrogen-bond acceptors (Lipinski definition) is 16. The van der Waals surface area contributed by atoms with Crippen molar-refractivity contribution < 1.29 is 76.2 Å². The minimum Gasteiger partial charge on any atom is -0.471 e. The summed E-state index contributed by atoms with van der Waals surface area (Å²) in [5, 5.41) is 0. The van der Waals surface area contributed by atoms with E-state index in [2.05, 4.69) is 6.58 Å². The van der Waals surface area contributed by atoms with Gasteiger partial charge in [-0.15, -0.1) is 6.58 Å². The largest absolute Gasteiger partial charge is 0.471 e. The molecule has 17 heteroatoms. The van der Waals surface area contributed by atoms with Gasteiger partial charge in [0, 0.05) is 65.5 Å². The Morgan fingerprint density at radius 1 is 0.830 bits per heavy atom. The monoisotopic (exact) mass is 743 g/mol. The smallest absolute Gasteiger partial charge is 0.308 e. The third-order valence-electron chi connectivity index (χ3n) is 9.06. The van der Waals surface area contributed by atoms with Gasteiger partial charge < -0.3 is 47.5 Å². The maximum Gasteiger partial charge on any atom is 0.308 e. The summed E-state index contributed by atoms with van der Waals surface area (Å²) in [5.74, 6) is -6.03. The SMILES string of the molecule is C=C[C@H]1[C@H](O[C@@H]2O[C@H](COC(C)=O)[C@@H](OC(C)=O)[C@H](OC(C)=O)[C@H]2OC(C)=O)OC=C2C(=O)N3CCc4ccc(OC(C)=O)c(OC(C)=O)c4[C@H]3C[C@H]21. The van der Waals surface area contributed by atoms with Crippen LogP contribution < -0.4 is 9.47 Å². The number of amides is 1. The number of benzene rings is 1. The molecular formula is C36H41NO16. The van der Waals surface area contributed by atoms with Crippen LogP contribution in [0.1, 0.15) is 65.1 Å². The van der Waals surface area contributed by atoms with Crippen LogP contribution >= 0.6 is 0 Å². The highest BCUT2D eigenvalue weighted by Gasteiger charge is 2.55. The molecule has 0 saturated carbocycles. The molecule has 1 amide bonds. The van der Waals surface area contributed by atoms with E-state index in [9.17, 15) is 33.6 Å². The minimum absolute atomic E-state index is 0.0270. The fourth-order valence-corrected chi connectivity index (χ4v) is 7.17. The zero-order valence-electron chi connectivity index (χ0n) is 30.0. The maximum absolute atomic E-state index is 14.1. The van der Waals surface area contributed by atoms with Crippen molar-refractivity contribution >= 4 is 41.7 Å². The van der Waals surface area contributed by atoms with Gasteiger partial charge in [0.2, 0.25) is 12.6 Å². The summed E-state index contributed by atoms with van der Waals surface area (Å²) < 4.78 is 51.0. The van der Waals surface area contributed by atoms with Crippen molar-refractivity contribution in [3.63, 3.8) is 0 Å². The van der Waals surface area contributed by atoms with E-state index < -0.39 is 97.3 Å². The van der Waals surface area contributed by atoms with Crippen molar-refractivity contribution in [2.24, 2.45) is 11.8 Å². The van der Waals surface area contributed by atoms with Crippen molar-refractivity contribution in [1.29, 1.82) is 0 Å². The van der Waals surface area contributed by atoms with Gasteiger partial charge in [-0.05, 0) is 24.5 Å². The van der Waals surface area contributed by atoms with E-state index in [4.69, 9.17) is 42.6 Å². The molecule has 9 atom stereocenters. The third kappa shape index (κ3) is 8.52. The van der Waals surface area contributed by atoms with Gasteiger partial charge in [0.15, 0.2) is 29.8 Å². The predicted octanol–water partition coefficient (Wildman–Crippen LogP) is 2.13. The number of hydrogen-bond donors (Lipinski definition) is 0. The molecule has 286 valence electrons. The fraction of sp³-hybridized carbons (Fsp3) is 0.528. The first-order chi connectivity index (χ1) is 25.1. The number of rotatable bonds is 10. The molecule has 0 spiro atoms. The van der Waals surface area contributed by atoms with E-state index in [0.717, 1.165) is 33.3 Å². The Morgan fingerprint density at radius 3 is 2.08 bits per heavy atom. The van der Waals surface area contributed by atoms with E-state index in [1.165, 1.54) is 26.2 Å². The standard InChI is InChI=1S/C36H41NO16/c1-8-23-24-13-26-29-22(9-10-27(47-17(3)39)30(29)48-18(4)40)11-12-37(26)34(44)25(24)14-46-35(23)53-36-33(51-21(7)43)32(50-20(6)42)31(49-19(5)41)28(52-36)15-45-16(2)38/h8-10,14,23-24,26,28,31-33,35-36H,1,11-13,15H2,2-7H3/t23-,24+,26-,28-,31-,32+,33-,35+,36+/m1/s1. The number of carbonyl (C=O) groups is 7. The van der Waals surface area contributed by atoms with E-state index in [-0.39, 0.29) is 23.8 Å². The average Bonchev–Trinajstić information content (AvgIpc) is 3.06. The molecule has 1 aromatic carbocycles. The fourth-order valence-electron chi connectivity index (χ4n) is 7.17. The molecule has 2 saturated heterocycles. The van der Waals surface area contributed by atoms with Crippen molar-refractivity contribution in [3.05, 3.63) is 47.7 Å². The number of nitrogens with zero attached hydrogens (tertiary/aromatic N) is 1. The Labute approximate surface area is 304 Å². The molecule has 4 aliphatic rings. The van der Waals surface area contributed by atoms with Crippen LogP contribution in [0.25, 0.3) is 0 Å². The Kier molecular flexibility index (Phi) is 11.9. The number of esters is 6. The van der Waals surface area contributed by atoms with Gasteiger partial charge in [-0.1, -0.05) is 12.1 Å². The van der Waals surface area contributed by atoms with Gasteiger partial charge in [-0.2, -0.15) is 0 Å².